The zero-order valence-electron chi connectivity index (χ0n) is 8.88. The topological polar surface area (TPSA) is 41.1 Å². The molecule has 4 heteroatoms. The van der Waals surface area contributed by atoms with Gasteiger partial charge >= 0.3 is 6.03 Å². The van der Waals surface area contributed by atoms with Crippen LogP contribution in [0.25, 0.3) is 0 Å². The van der Waals surface area contributed by atoms with Crippen LogP contribution in [0.4, 0.5) is 9.18 Å². The van der Waals surface area contributed by atoms with Crippen molar-refractivity contribution in [3.63, 3.8) is 0 Å². The standard InChI is InChI=1S/C11H15FN2O/c1-3-13-11(15)14-8(2)9-4-6-10(12)7-5-9/h4-8H,3H2,1-2H3,(H2,13,14,15). The van der Waals surface area contributed by atoms with Crippen LogP contribution >= 0.6 is 0 Å². The van der Waals surface area contributed by atoms with Gasteiger partial charge in [-0.2, -0.15) is 0 Å². The van der Waals surface area contributed by atoms with Gasteiger partial charge in [0.05, 0.1) is 6.04 Å². The third-order valence-electron chi connectivity index (χ3n) is 2.05. The van der Waals surface area contributed by atoms with Gasteiger partial charge in [-0.1, -0.05) is 12.1 Å². The Balaban J connectivity index is 2.57. The van der Waals surface area contributed by atoms with Crippen LogP contribution in [0.2, 0.25) is 0 Å². The SMILES string of the molecule is CCNC(=O)NC(C)c1ccc(F)cc1. The lowest BCUT2D eigenvalue weighted by molar-refractivity contribution is 0.238. The van der Waals surface area contributed by atoms with Crippen LogP contribution in [0.3, 0.4) is 0 Å². The summed E-state index contributed by atoms with van der Waals surface area (Å²) >= 11 is 0. The molecule has 82 valence electrons. The summed E-state index contributed by atoms with van der Waals surface area (Å²) in [4.78, 5) is 11.2. The van der Waals surface area contributed by atoms with E-state index in [4.69, 9.17) is 0 Å². The zero-order chi connectivity index (χ0) is 11.3. The minimum absolute atomic E-state index is 0.128. The second-order valence-electron chi connectivity index (χ2n) is 3.28. The number of hydrogen-bond donors (Lipinski definition) is 2. The van der Waals surface area contributed by atoms with Crippen molar-refractivity contribution >= 4 is 6.03 Å². The molecule has 0 fully saturated rings. The van der Waals surface area contributed by atoms with Gasteiger partial charge in [0.15, 0.2) is 0 Å². The maximum atomic E-state index is 12.6. The molecule has 2 amide bonds. The Morgan fingerprint density at radius 3 is 2.53 bits per heavy atom. The summed E-state index contributed by atoms with van der Waals surface area (Å²) in [6.45, 7) is 4.28. The molecule has 0 heterocycles. The Morgan fingerprint density at radius 1 is 1.40 bits per heavy atom. The average molecular weight is 210 g/mol. The number of benzene rings is 1. The van der Waals surface area contributed by atoms with Crippen LogP contribution in [0, 0.1) is 5.82 Å². The molecule has 0 radical (unpaired) electrons. The molecule has 0 saturated heterocycles. The van der Waals surface area contributed by atoms with Gasteiger partial charge in [0.2, 0.25) is 0 Å². The van der Waals surface area contributed by atoms with Crippen molar-refractivity contribution in [2.45, 2.75) is 19.9 Å². The van der Waals surface area contributed by atoms with Crippen molar-refractivity contribution in [2.75, 3.05) is 6.54 Å². The summed E-state index contributed by atoms with van der Waals surface area (Å²) in [5.41, 5.74) is 0.877. The molecule has 1 rings (SSSR count). The first kappa shape index (κ1) is 11.5. The van der Waals surface area contributed by atoms with Crippen LogP contribution in [-0.4, -0.2) is 12.6 Å². The molecule has 1 atom stereocenters. The first-order valence-electron chi connectivity index (χ1n) is 4.93. The summed E-state index contributed by atoms with van der Waals surface area (Å²) in [6.07, 6.45) is 0. The Kier molecular flexibility index (Phi) is 4.09. The normalized spacial score (nSPS) is 11.9. The lowest BCUT2D eigenvalue weighted by Crippen LogP contribution is -2.36. The lowest BCUT2D eigenvalue weighted by atomic mass is 10.1. The minimum atomic E-state index is -0.274. The Morgan fingerprint density at radius 2 is 2.00 bits per heavy atom. The summed E-state index contributed by atoms with van der Waals surface area (Å²) < 4.78 is 12.6. The number of carbonyl (C=O) groups excluding carboxylic acids is 1. The highest BCUT2D eigenvalue weighted by atomic mass is 19.1. The minimum Gasteiger partial charge on any atom is -0.338 e. The number of halogens is 1. The number of rotatable bonds is 3. The predicted molar refractivity (Wildman–Crippen MR) is 57.0 cm³/mol. The van der Waals surface area contributed by atoms with Crippen LogP contribution in [0.5, 0.6) is 0 Å². The number of nitrogens with one attached hydrogen (secondary N) is 2. The van der Waals surface area contributed by atoms with Gasteiger partial charge in [-0.25, -0.2) is 9.18 Å². The maximum absolute atomic E-state index is 12.6. The molecular formula is C11H15FN2O. The van der Waals surface area contributed by atoms with E-state index in [1.807, 2.05) is 13.8 Å². The Hall–Kier alpha value is -1.58. The van der Waals surface area contributed by atoms with Gasteiger partial charge in [0.1, 0.15) is 5.82 Å². The van der Waals surface area contributed by atoms with E-state index in [9.17, 15) is 9.18 Å². The fraction of sp³-hybridized carbons (Fsp3) is 0.364. The van der Waals surface area contributed by atoms with E-state index in [0.29, 0.717) is 6.54 Å². The molecule has 1 unspecified atom stereocenters. The van der Waals surface area contributed by atoms with Gasteiger partial charge in [0, 0.05) is 6.54 Å². The molecule has 0 aliphatic heterocycles. The lowest BCUT2D eigenvalue weighted by Gasteiger charge is -2.14. The molecule has 3 nitrogen and oxygen atoms in total. The predicted octanol–water partition coefficient (Wildman–Crippen LogP) is 2.21. The monoisotopic (exact) mass is 210 g/mol. The molecule has 0 bridgehead atoms. The highest BCUT2D eigenvalue weighted by Gasteiger charge is 2.07. The third-order valence-corrected chi connectivity index (χ3v) is 2.05. The summed E-state index contributed by atoms with van der Waals surface area (Å²) in [5, 5.41) is 5.38. The molecule has 0 saturated carbocycles. The van der Waals surface area contributed by atoms with Gasteiger partial charge in [0.25, 0.3) is 0 Å². The molecule has 0 aliphatic rings. The van der Waals surface area contributed by atoms with Crippen molar-refractivity contribution in [2.24, 2.45) is 0 Å². The van der Waals surface area contributed by atoms with E-state index in [2.05, 4.69) is 10.6 Å². The van der Waals surface area contributed by atoms with Gasteiger partial charge in [-0.05, 0) is 31.5 Å². The zero-order valence-corrected chi connectivity index (χ0v) is 8.88. The molecular weight excluding hydrogens is 195 g/mol. The van der Waals surface area contributed by atoms with Crippen molar-refractivity contribution in [3.8, 4) is 0 Å². The number of carbonyl (C=O) groups is 1. The largest absolute Gasteiger partial charge is 0.338 e. The van der Waals surface area contributed by atoms with Crippen LogP contribution in [0.1, 0.15) is 25.5 Å². The fourth-order valence-electron chi connectivity index (χ4n) is 1.24. The second kappa shape index (κ2) is 5.34. The molecule has 2 N–H and O–H groups in total. The van der Waals surface area contributed by atoms with Gasteiger partial charge in [-0.15, -0.1) is 0 Å². The molecule has 1 aromatic rings. The van der Waals surface area contributed by atoms with Crippen LogP contribution in [0.15, 0.2) is 24.3 Å². The van der Waals surface area contributed by atoms with E-state index in [-0.39, 0.29) is 17.9 Å². The van der Waals surface area contributed by atoms with E-state index in [1.165, 1.54) is 12.1 Å². The third kappa shape index (κ3) is 3.58. The average Bonchev–Trinajstić information content (AvgIpc) is 2.18. The van der Waals surface area contributed by atoms with E-state index >= 15 is 0 Å². The molecule has 15 heavy (non-hydrogen) atoms. The molecule has 0 aromatic heterocycles. The summed E-state index contributed by atoms with van der Waals surface area (Å²) in [5.74, 6) is -0.274. The van der Waals surface area contributed by atoms with Crippen molar-refractivity contribution in [1.29, 1.82) is 0 Å². The van der Waals surface area contributed by atoms with E-state index < -0.39 is 0 Å². The first-order valence-corrected chi connectivity index (χ1v) is 4.93. The molecule has 1 aromatic carbocycles. The number of urea groups is 1. The highest BCUT2D eigenvalue weighted by molar-refractivity contribution is 5.74. The smallest absolute Gasteiger partial charge is 0.315 e. The van der Waals surface area contributed by atoms with E-state index in [0.717, 1.165) is 5.56 Å². The van der Waals surface area contributed by atoms with E-state index in [1.54, 1.807) is 12.1 Å². The number of hydrogen-bond acceptors (Lipinski definition) is 1. The van der Waals surface area contributed by atoms with Gasteiger partial charge in [-0.3, -0.25) is 0 Å². The van der Waals surface area contributed by atoms with Crippen molar-refractivity contribution in [3.05, 3.63) is 35.6 Å². The van der Waals surface area contributed by atoms with Gasteiger partial charge < -0.3 is 10.6 Å². The Bertz CT molecular complexity index is 324. The first-order chi connectivity index (χ1) is 7.13. The quantitative estimate of drug-likeness (QED) is 0.789. The van der Waals surface area contributed by atoms with Crippen LogP contribution < -0.4 is 10.6 Å². The molecule has 0 aliphatic carbocycles. The second-order valence-corrected chi connectivity index (χ2v) is 3.28. The summed E-state index contributed by atoms with van der Waals surface area (Å²) in [7, 11) is 0. The number of amides is 2. The van der Waals surface area contributed by atoms with Crippen molar-refractivity contribution < 1.29 is 9.18 Å². The highest BCUT2D eigenvalue weighted by Crippen LogP contribution is 2.12. The van der Waals surface area contributed by atoms with Crippen LogP contribution in [-0.2, 0) is 0 Å². The fourth-order valence-corrected chi connectivity index (χ4v) is 1.24. The molecule has 0 spiro atoms. The maximum Gasteiger partial charge on any atom is 0.315 e. The van der Waals surface area contributed by atoms with Crippen molar-refractivity contribution in [1.82, 2.24) is 10.6 Å². The summed E-state index contributed by atoms with van der Waals surface area (Å²) in [6, 6.07) is 5.74. The Labute approximate surface area is 88.7 Å².